The molecule has 0 unspecified atom stereocenters. The van der Waals surface area contributed by atoms with Gasteiger partial charge in [-0.1, -0.05) is 15.9 Å². The Balaban J connectivity index is 2.15. The van der Waals surface area contributed by atoms with Crippen LogP contribution in [0.15, 0.2) is 35.1 Å². The molecule has 0 bridgehead atoms. The topological polar surface area (TPSA) is 56.9 Å². The van der Waals surface area contributed by atoms with E-state index in [0.29, 0.717) is 12.1 Å². The summed E-state index contributed by atoms with van der Waals surface area (Å²) in [6.07, 6.45) is 3.89. The highest BCUT2D eigenvalue weighted by atomic mass is 79.9. The second kappa shape index (κ2) is 6.74. The average molecular weight is 348 g/mol. The summed E-state index contributed by atoms with van der Waals surface area (Å²) in [5.41, 5.74) is 2.62. The molecule has 21 heavy (non-hydrogen) atoms. The first-order valence-electron chi connectivity index (χ1n) is 6.59. The normalized spacial score (nSPS) is 12.2. The number of hydrogen-bond donors (Lipinski definition) is 1. The van der Waals surface area contributed by atoms with Gasteiger partial charge in [-0.15, -0.1) is 0 Å². The molecule has 1 heterocycles. The molecule has 0 saturated carbocycles. The molecule has 1 atom stereocenters. The summed E-state index contributed by atoms with van der Waals surface area (Å²) < 4.78 is 2.70. The van der Waals surface area contributed by atoms with Crippen LogP contribution in [0.2, 0.25) is 0 Å². The van der Waals surface area contributed by atoms with Crippen molar-refractivity contribution in [2.45, 2.75) is 6.04 Å². The van der Waals surface area contributed by atoms with Crippen LogP contribution < -0.4 is 5.32 Å². The SMILES string of the molecule is CN(C)[C@H](CNc1ccc(Br)cc1C#N)c1cnn(C)c1. The summed E-state index contributed by atoms with van der Waals surface area (Å²) in [5.74, 6) is 0. The van der Waals surface area contributed by atoms with E-state index in [0.717, 1.165) is 15.7 Å². The Labute approximate surface area is 133 Å². The number of nitrogens with one attached hydrogen (secondary N) is 1. The third kappa shape index (κ3) is 3.84. The van der Waals surface area contributed by atoms with E-state index in [1.54, 1.807) is 4.68 Å². The van der Waals surface area contributed by atoms with Crippen molar-refractivity contribution in [3.8, 4) is 6.07 Å². The Kier molecular flexibility index (Phi) is 4.99. The van der Waals surface area contributed by atoms with Crippen LogP contribution in [-0.2, 0) is 7.05 Å². The van der Waals surface area contributed by atoms with Crippen molar-refractivity contribution in [1.82, 2.24) is 14.7 Å². The van der Waals surface area contributed by atoms with Crippen molar-refractivity contribution in [3.05, 3.63) is 46.2 Å². The molecular formula is C15H18BrN5. The summed E-state index contributed by atoms with van der Waals surface area (Å²) in [7, 11) is 5.98. The lowest BCUT2D eigenvalue weighted by Gasteiger charge is -2.24. The highest BCUT2D eigenvalue weighted by Gasteiger charge is 2.16. The van der Waals surface area contributed by atoms with Crippen molar-refractivity contribution in [1.29, 1.82) is 5.26 Å². The minimum atomic E-state index is 0.189. The van der Waals surface area contributed by atoms with Crippen LogP contribution in [0.5, 0.6) is 0 Å². The average Bonchev–Trinajstić information content (AvgIpc) is 2.86. The molecule has 0 aliphatic carbocycles. The number of nitriles is 1. The van der Waals surface area contributed by atoms with Gasteiger partial charge < -0.3 is 10.2 Å². The van der Waals surface area contributed by atoms with Gasteiger partial charge in [-0.05, 0) is 32.3 Å². The minimum absolute atomic E-state index is 0.189. The Hall–Kier alpha value is -1.84. The fourth-order valence-corrected chi connectivity index (χ4v) is 2.54. The number of anilines is 1. The molecule has 1 aromatic heterocycles. The van der Waals surface area contributed by atoms with Gasteiger partial charge in [-0.3, -0.25) is 4.68 Å². The largest absolute Gasteiger partial charge is 0.382 e. The summed E-state index contributed by atoms with van der Waals surface area (Å²) in [5, 5.41) is 16.8. The number of nitrogens with zero attached hydrogens (tertiary/aromatic N) is 4. The zero-order valence-corrected chi connectivity index (χ0v) is 13.9. The second-order valence-electron chi connectivity index (χ2n) is 5.11. The van der Waals surface area contributed by atoms with Gasteiger partial charge in [0, 0.05) is 29.8 Å². The molecule has 0 radical (unpaired) electrons. The quantitative estimate of drug-likeness (QED) is 0.903. The Bertz CT molecular complexity index is 656. The van der Waals surface area contributed by atoms with E-state index < -0.39 is 0 Å². The minimum Gasteiger partial charge on any atom is -0.382 e. The Morgan fingerprint density at radius 2 is 2.24 bits per heavy atom. The second-order valence-corrected chi connectivity index (χ2v) is 6.03. The lowest BCUT2D eigenvalue weighted by molar-refractivity contribution is 0.311. The summed E-state index contributed by atoms with van der Waals surface area (Å²) >= 11 is 3.38. The van der Waals surface area contributed by atoms with Crippen LogP contribution >= 0.6 is 15.9 Å². The summed E-state index contributed by atoms with van der Waals surface area (Å²) in [6.45, 7) is 0.703. The zero-order valence-electron chi connectivity index (χ0n) is 12.3. The Morgan fingerprint density at radius 3 is 2.81 bits per heavy atom. The first kappa shape index (κ1) is 15.5. The molecule has 110 valence electrons. The van der Waals surface area contributed by atoms with E-state index in [4.69, 9.17) is 0 Å². The molecule has 0 fully saturated rings. The predicted molar refractivity (Wildman–Crippen MR) is 87.0 cm³/mol. The molecule has 1 N–H and O–H groups in total. The van der Waals surface area contributed by atoms with Gasteiger partial charge in [0.25, 0.3) is 0 Å². The van der Waals surface area contributed by atoms with Gasteiger partial charge in [-0.25, -0.2) is 0 Å². The molecule has 0 aliphatic rings. The van der Waals surface area contributed by atoms with Crippen LogP contribution in [0, 0.1) is 11.3 Å². The molecule has 0 spiro atoms. The van der Waals surface area contributed by atoms with Crippen LogP contribution in [0.25, 0.3) is 0 Å². The summed E-state index contributed by atoms with van der Waals surface area (Å²) in [4.78, 5) is 2.13. The maximum absolute atomic E-state index is 9.20. The van der Waals surface area contributed by atoms with Gasteiger partial charge >= 0.3 is 0 Å². The lowest BCUT2D eigenvalue weighted by atomic mass is 10.1. The van der Waals surface area contributed by atoms with Gasteiger partial charge in [0.1, 0.15) is 6.07 Å². The molecule has 5 nitrogen and oxygen atoms in total. The molecule has 2 rings (SSSR count). The van der Waals surface area contributed by atoms with Gasteiger partial charge in [0.2, 0.25) is 0 Å². The first-order valence-corrected chi connectivity index (χ1v) is 7.39. The molecule has 0 aliphatic heterocycles. The lowest BCUT2D eigenvalue weighted by Crippen LogP contribution is -2.26. The number of aryl methyl sites for hydroxylation is 1. The van der Waals surface area contributed by atoms with E-state index >= 15 is 0 Å². The molecule has 0 saturated heterocycles. The number of rotatable bonds is 5. The van der Waals surface area contributed by atoms with Gasteiger partial charge in [0.05, 0.1) is 23.5 Å². The molecular weight excluding hydrogens is 330 g/mol. The van der Waals surface area contributed by atoms with Crippen molar-refractivity contribution in [2.24, 2.45) is 7.05 Å². The van der Waals surface area contributed by atoms with E-state index in [9.17, 15) is 5.26 Å². The van der Waals surface area contributed by atoms with E-state index in [2.05, 4.69) is 37.3 Å². The van der Waals surface area contributed by atoms with Gasteiger partial charge in [-0.2, -0.15) is 10.4 Å². The van der Waals surface area contributed by atoms with Crippen molar-refractivity contribution >= 4 is 21.6 Å². The highest BCUT2D eigenvalue weighted by molar-refractivity contribution is 9.10. The zero-order chi connectivity index (χ0) is 15.4. The highest BCUT2D eigenvalue weighted by Crippen LogP contribution is 2.23. The fourth-order valence-electron chi connectivity index (χ4n) is 2.18. The van der Waals surface area contributed by atoms with Crippen molar-refractivity contribution < 1.29 is 0 Å². The van der Waals surface area contributed by atoms with Crippen LogP contribution in [0.3, 0.4) is 0 Å². The van der Waals surface area contributed by atoms with Crippen LogP contribution in [0.1, 0.15) is 17.2 Å². The van der Waals surface area contributed by atoms with Crippen LogP contribution in [0.4, 0.5) is 5.69 Å². The first-order chi connectivity index (χ1) is 10.0. The predicted octanol–water partition coefficient (Wildman–Crippen LogP) is 2.77. The molecule has 1 aromatic carbocycles. The van der Waals surface area contributed by atoms with Gasteiger partial charge in [0.15, 0.2) is 0 Å². The fraction of sp³-hybridized carbons (Fsp3) is 0.333. The third-order valence-electron chi connectivity index (χ3n) is 3.32. The third-order valence-corrected chi connectivity index (χ3v) is 3.81. The van der Waals surface area contributed by atoms with Crippen molar-refractivity contribution in [2.75, 3.05) is 26.0 Å². The monoisotopic (exact) mass is 347 g/mol. The number of likely N-dealkylation sites (N-methyl/N-ethyl adjacent to an activating group) is 1. The maximum Gasteiger partial charge on any atom is 0.101 e. The molecule has 6 heteroatoms. The smallest absolute Gasteiger partial charge is 0.101 e. The molecule has 0 amide bonds. The molecule has 2 aromatic rings. The van der Waals surface area contributed by atoms with Crippen molar-refractivity contribution in [3.63, 3.8) is 0 Å². The number of halogens is 1. The van der Waals surface area contributed by atoms with Crippen LogP contribution in [-0.4, -0.2) is 35.3 Å². The summed E-state index contributed by atoms with van der Waals surface area (Å²) in [6, 6.07) is 8.06. The standard InChI is InChI=1S/C15H18BrN5/c1-20(2)15(12-8-19-21(3)10-12)9-18-14-5-4-13(16)6-11(14)7-17/h4-6,8,10,15,18H,9H2,1-3H3/t15-/m1/s1. The number of benzene rings is 1. The van der Waals surface area contributed by atoms with E-state index in [-0.39, 0.29) is 6.04 Å². The van der Waals surface area contributed by atoms with E-state index in [1.807, 2.05) is 51.7 Å². The number of hydrogen-bond acceptors (Lipinski definition) is 4. The van der Waals surface area contributed by atoms with E-state index in [1.165, 1.54) is 0 Å². The number of aromatic nitrogens is 2. The maximum atomic E-state index is 9.20. The Morgan fingerprint density at radius 1 is 1.48 bits per heavy atom.